The first-order valence-electron chi connectivity index (χ1n) is 6.60. The van der Waals surface area contributed by atoms with Crippen molar-refractivity contribution in [1.82, 2.24) is 10.3 Å². The molecule has 3 nitrogen and oxygen atoms in total. The van der Waals surface area contributed by atoms with E-state index in [9.17, 15) is 0 Å². The highest BCUT2D eigenvalue weighted by Crippen LogP contribution is 2.28. The zero-order valence-electron chi connectivity index (χ0n) is 11.7. The maximum absolute atomic E-state index is 5.39. The van der Waals surface area contributed by atoms with Gasteiger partial charge in [0.05, 0.1) is 13.3 Å². The van der Waals surface area contributed by atoms with Gasteiger partial charge in [0.1, 0.15) is 5.75 Å². The van der Waals surface area contributed by atoms with Crippen LogP contribution >= 0.6 is 0 Å². The molecule has 0 aliphatic rings. The van der Waals surface area contributed by atoms with Crippen molar-refractivity contribution in [3.63, 3.8) is 0 Å². The molecule has 0 saturated carbocycles. The van der Waals surface area contributed by atoms with Crippen LogP contribution in [0.25, 0.3) is 0 Å². The summed E-state index contributed by atoms with van der Waals surface area (Å²) in [7, 11) is 1.69. The van der Waals surface area contributed by atoms with Crippen molar-refractivity contribution in [2.24, 2.45) is 0 Å². The summed E-state index contributed by atoms with van der Waals surface area (Å²) in [6.07, 6.45) is 6.65. The largest absolute Gasteiger partial charge is 0.495 e. The topological polar surface area (TPSA) is 34.2 Å². The van der Waals surface area contributed by atoms with Crippen LogP contribution in [-0.2, 0) is 0 Å². The van der Waals surface area contributed by atoms with Crippen molar-refractivity contribution in [1.29, 1.82) is 0 Å². The Hall–Kier alpha value is -1.35. The molecule has 18 heavy (non-hydrogen) atoms. The molecule has 1 N–H and O–H groups in total. The number of aromatic nitrogens is 1. The molecule has 0 aliphatic heterocycles. The molecule has 3 heteroatoms. The summed E-state index contributed by atoms with van der Waals surface area (Å²) in [6, 6.07) is 2.28. The normalized spacial score (nSPS) is 12.2. The van der Waals surface area contributed by atoms with Gasteiger partial charge in [-0.3, -0.25) is 4.98 Å². The Bertz CT molecular complexity index is 377. The number of nitrogens with one attached hydrogen (secondary N) is 1. The molecular weight excluding hydrogens is 224 g/mol. The second-order valence-corrected chi connectivity index (χ2v) is 4.43. The third-order valence-corrected chi connectivity index (χ3v) is 3.05. The molecule has 0 saturated heterocycles. The summed E-state index contributed by atoms with van der Waals surface area (Å²) in [5.41, 5.74) is 2.41. The van der Waals surface area contributed by atoms with Gasteiger partial charge in [0, 0.05) is 17.8 Å². The van der Waals surface area contributed by atoms with E-state index in [0.29, 0.717) is 0 Å². The van der Waals surface area contributed by atoms with Gasteiger partial charge in [-0.25, -0.2) is 0 Å². The van der Waals surface area contributed by atoms with Crippen LogP contribution in [-0.4, -0.2) is 18.6 Å². The predicted octanol–water partition coefficient (Wildman–Crippen LogP) is 3.49. The van der Waals surface area contributed by atoms with Gasteiger partial charge in [-0.2, -0.15) is 0 Å². The van der Waals surface area contributed by atoms with Crippen LogP contribution in [0, 0.1) is 0 Å². The highest BCUT2D eigenvalue weighted by molar-refractivity contribution is 5.33. The van der Waals surface area contributed by atoms with Crippen molar-refractivity contribution in [3.8, 4) is 5.75 Å². The molecular formula is C15H24N2O. The smallest absolute Gasteiger partial charge is 0.141 e. The summed E-state index contributed by atoms with van der Waals surface area (Å²) in [6.45, 7) is 9.41. The van der Waals surface area contributed by atoms with Crippen LogP contribution in [0.5, 0.6) is 5.75 Å². The Morgan fingerprint density at radius 1 is 1.50 bits per heavy atom. The molecule has 0 aromatic carbocycles. The molecule has 0 spiro atoms. The van der Waals surface area contributed by atoms with Crippen molar-refractivity contribution in [2.45, 2.75) is 39.2 Å². The maximum atomic E-state index is 5.39. The van der Waals surface area contributed by atoms with Crippen molar-refractivity contribution in [2.75, 3.05) is 13.7 Å². The summed E-state index contributed by atoms with van der Waals surface area (Å²) >= 11 is 0. The van der Waals surface area contributed by atoms with Gasteiger partial charge in [-0.15, -0.1) is 0 Å². The van der Waals surface area contributed by atoms with Crippen molar-refractivity contribution >= 4 is 0 Å². The van der Waals surface area contributed by atoms with E-state index in [0.717, 1.165) is 37.1 Å². The van der Waals surface area contributed by atoms with E-state index in [4.69, 9.17) is 4.74 Å². The van der Waals surface area contributed by atoms with E-state index in [-0.39, 0.29) is 6.04 Å². The Morgan fingerprint density at radius 3 is 2.89 bits per heavy atom. The van der Waals surface area contributed by atoms with E-state index in [1.807, 2.05) is 12.3 Å². The fourth-order valence-corrected chi connectivity index (χ4v) is 1.89. The number of hydrogen-bond acceptors (Lipinski definition) is 3. The zero-order chi connectivity index (χ0) is 13.4. The summed E-state index contributed by atoms with van der Waals surface area (Å²) < 4.78 is 5.39. The Labute approximate surface area is 110 Å². The van der Waals surface area contributed by atoms with Gasteiger partial charge in [-0.05, 0) is 31.9 Å². The van der Waals surface area contributed by atoms with E-state index >= 15 is 0 Å². The summed E-state index contributed by atoms with van der Waals surface area (Å²) in [5.74, 6) is 0.843. The van der Waals surface area contributed by atoms with Crippen LogP contribution in [0.1, 0.15) is 44.7 Å². The third-order valence-electron chi connectivity index (χ3n) is 3.05. The van der Waals surface area contributed by atoms with Crippen LogP contribution in [0.3, 0.4) is 0 Å². The Kier molecular flexibility index (Phi) is 6.44. The molecule has 0 aliphatic carbocycles. The van der Waals surface area contributed by atoms with Gasteiger partial charge in [0.2, 0.25) is 0 Å². The van der Waals surface area contributed by atoms with Gasteiger partial charge in [0.25, 0.3) is 0 Å². The van der Waals surface area contributed by atoms with Crippen molar-refractivity contribution < 1.29 is 4.74 Å². The number of nitrogens with zero attached hydrogens (tertiary/aromatic N) is 1. The highest BCUT2D eigenvalue weighted by Gasteiger charge is 2.15. The van der Waals surface area contributed by atoms with Gasteiger partial charge >= 0.3 is 0 Å². The SMILES string of the molecule is C=C(CC)CC(NCCC)c1ccncc1OC. The Morgan fingerprint density at radius 2 is 2.28 bits per heavy atom. The number of hydrogen-bond donors (Lipinski definition) is 1. The number of pyridine rings is 1. The van der Waals surface area contributed by atoms with Crippen LogP contribution in [0.2, 0.25) is 0 Å². The zero-order valence-corrected chi connectivity index (χ0v) is 11.7. The third kappa shape index (κ3) is 4.15. The molecule has 1 aromatic rings. The molecule has 0 bridgehead atoms. The molecule has 1 atom stereocenters. The lowest BCUT2D eigenvalue weighted by molar-refractivity contribution is 0.395. The summed E-state index contributed by atoms with van der Waals surface area (Å²) in [5, 5.41) is 3.56. The molecule has 1 unspecified atom stereocenters. The maximum Gasteiger partial charge on any atom is 0.141 e. The second-order valence-electron chi connectivity index (χ2n) is 4.43. The van der Waals surface area contributed by atoms with Gasteiger partial charge < -0.3 is 10.1 Å². The average molecular weight is 248 g/mol. The average Bonchev–Trinajstić information content (AvgIpc) is 2.43. The molecule has 100 valence electrons. The predicted molar refractivity (Wildman–Crippen MR) is 75.9 cm³/mol. The van der Waals surface area contributed by atoms with Crippen LogP contribution in [0.4, 0.5) is 0 Å². The fraction of sp³-hybridized carbons (Fsp3) is 0.533. The van der Waals surface area contributed by atoms with Gasteiger partial charge in [-0.1, -0.05) is 26.0 Å². The van der Waals surface area contributed by atoms with E-state index in [1.54, 1.807) is 13.3 Å². The first-order valence-corrected chi connectivity index (χ1v) is 6.60. The lowest BCUT2D eigenvalue weighted by atomic mass is 9.98. The number of rotatable bonds is 8. The van der Waals surface area contributed by atoms with Crippen molar-refractivity contribution in [3.05, 3.63) is 36.2 Å². The quantitative estimate of drug-likeness (QED) is 0.715. The second kappa shape index (κ2) is 7.88. The monoisotopic (exact) mass is 248 g/mol. The van der Waals surface area contributed by atoms with Crippen LogP contribution < -0.4 is 10.1 Å². The molecule has 0 amide bonds. The minimum absolute atomic E-state index is 0.260. The number of ether oxygens (including phenoxy) is 1. The fourth-order valence-electron chi connectivity index (χ4n) is 1.89. The molecule has 0 radical (unpaired) electrons. The minimum Gasteiger partial charge on any atom is -0.495 e. The lowest BCUT2D eigenvalue weighted by Crippen LogP contribution is -2.23. The minimum atomic E-state index is 0.260. The first-order chi connectivity index (χ1) is 8.72. The van der Waals surface area contributed by atoms with E-state index in [1.165, 1.54) is 5.57 Å². The van der Waals surface area contributed by atoms with Gasteiger partial charge in [0.15, 0.2) is 0 Å². The molecule has 0 fully saturated rings. The standard InChI is InChI=1S/C15H24N2O/c1-5-8-17-14(10-12(3)6-2)13-7-9-16-11-15(13)18-4/h7,9,11,14,17H,3,5-6,8,10H2,1-2,4H3. The molecule has 1 aromatic heterocycles. The lowest BCUT2D eigenvalue weighted by Gasteiger charge is -2.21. The van der Waals surface area contributed by atoms with Crippen LogP contribution in [0.15, 0.2) is 30.6 Å². The molecule has 1 heterocycles. The molecule has 1 rings (SSSR count). The highest BCUT2D eigenvalue weighted by atomic mass is 16.5. The van der Waals surface area contributed by atoms with E-state index in [2.05, 4.69) is 30.7 Å². The first kappa shape index (κ1) is 14.7. The Balaban J connectivity index is 2.89. The number of methoxy groups -OCH3 is 1. The summed E-state index contributed by atoms with van der Waals surface area (Å²) in [4.78, 5) is 4.10. The van der Waals surface area contributed by atoms with E-state index < -0.39 is 0 Å².